The van der Waals surface area contributed by atoms with Crippen LogP contribution in [0.25, 0.3) is 0 Å². The molecule has 2 nitrogen and oxygen atoms in total. The van der Waals surface area contributed by atoms with E-state index in [0.29, 0.717) is 6.42 Å². The zero-order valence-corrected chi connectivity index (χ0v) is 6.90. The lowest BCUT2D eigenvalue weighted by atomic mass is 9.87. The smallest absolute Gasteiger partial charge is 0.0734 e. The molecule has 1 aromatic rings. The van der Waals surface area contributed by atoms with Crippen LogP contribution in [0.3, 0.4) is 0 Å². The number of aliphatic hydroxyl groups is 1. The summed E-state index contributed by atoms with van der Waals surface area (Å²) in [7, 11) is 0. The lowest BCUT2D eigenvalue weighted by Crippen LogP contribution is -2.41. The zero-order chi connectivity index (χ0) is 8.55. The highest BCUT2D eigenvalue weighted by molar-refractivity contribution is 5.31. The fourth-order valence-electron chi connectivity index (χ4n) is 1.72. The summed E-state index contributed by atoms with van der Waals surface area (Å²) in [4.78, 5) is 0. The van der Waals surface area contributed by atoms with Gasteiger partial charge >= 0.3 is 0 Å². The summed E-state index contributed by atoms with van der Waals surface area (Å²) < 4.78 is 0. The normalized spacial score (nSPS) is 28.2. The minimum Gasteiger partial charge on any atom is -0.391 e. The van der Waals surface area contributed by atoms with E-state index in [0.717, 1.165) is 6.42 Å². The second kappa shape index (κ2) is 2.88. The SMILES string of the molecule is N[C@@H]1Cc2ccccc2C[C@@H]1O. The number of aliphatic hydroxyl groups excluding tert-OH is 1. The molecule has 64 valence electrons. The molecule has 1 aromatic carbocycles. The van der Waals surface area contributed by atoms with Gasteiger partial charge in [0.15, 0.2) is 0 Å². The second-order valence-electron chi connectivity index (χ2n) is 3.41. The maximum Gasteiger partial charge on any atom is 0.0734 e. The van der Waals surface area contributed by atoms with Crippen molar-refractivity contribution in [3.63, 3.8) is 0 Å². The van der Waals surface area contributed by atoms with Gasteiger partial charge in [-0.15, -0.1) is 0 Å². The summed E-state index contributed by atoms with van der Waals surface area (Å²) in [6.45, 7) is 0. The van der Waals surface area contributed by atoms with Crippen LogP contribution in [0.2, 0.25) is 0 Å². The minimum atomic E-state index is -0.361. The highest BCUT2D eigenvalue weighted by Crippen LogP contribution is 2.20. The molecule has 1 aliphatic rings. The van der Waals surface area contributed by atoms with E-state index in [2.05, 4.69) is 12.1 Å². The van der Waals surface area contributed by atoms with Crippen LogP contribution < -0.4 is 5.73 Å². The van der Waals surface area contributed by atoms with Gasteiger partial charge in [0.2, 0.25) is 0 Å². The van der Waals surface area contributed by atoms with E-state index in [-0.39, 0.29) is 12.1 Å². The molecular weight excluding hydrogens is 150 g/mol. The summed E-state index contributed by atoms with van der Waals surface area (Å²) in [6, 6.07) is 8.08. The number of hydrogen-bond acceptors (Lipinski definition) is 2. The van der Waals surface area contributed by atoms with E-state index in [9.17, 15) is 5.11 Å². The molecule has 0 aromatic heterocycles. The van der Waals surface area contributed by atoms with Gasteiger partial charge < -0.3 is 10.8 Å². The maximum absolute atomic E-state index is 9.50. The molecule has 0 heterocycles. The van der Waals surface area contributed by atoms with Crippen molar-refractivity contribution in [3.8, 4) is 0 Å². The Hall–Kier alpha value is -0.860. The van der Waals surface area contributed by atoms with E-state index in [1.165, 1.54) is 11.1 Å². The minimum absolute atomic E-state index is 0.0834. The van der Waals surface area contributed by atoms with Gasteiger partial charge in [-0.25, -0.2) is 0 Å². The molecule has 0 spiro atoms. The van der Waals surface area contributed by atoms with Crippen LogP contribution in [0, 0.1) is 0 Å². The Morgan fingerprint density at radius 1 is 1.17 bits per heavy atom. The van der Waals surface area contributed by atoms with Crippen molar-refractivity contribution in [1.29, 1.82) is 0 Å². The lowest BCUT2D eigenvalue weighted by Gasteiger charge is -2.26. The molecule has 0 aliphatic heterocycles. The van der Waals surface area contributed by atoms with Gasteiger partial charge in [-0.05, 0) is 17.5 Å². The van der Waals surface area contributed by atoms with Crippen LogP contribution in [-0.4, -0.2) is 17.3 Å². The largest absolute Gasteiger partial charge is 0.391 e. The monoisotopic (exact) mass is 163 g/mol. The van der Waals surface area contributed by atoms with Crippen molar-refractivity contribution >= 4 is 0 Å². The zero-order valence-electron chi connectivity index (χ0n) is 6.90. The Bertz CT molecular complexity index is 256. The van der Waals surface area contributed by atoms with Gasteiger partial charge in [0.1, 0.15) is 0 Å². The van der Waals surface area contributed by atoms with Crippen molar-refractivity contribution in [3.05, 3.63) is 35.4 Å². The van der Waals surface area contributed by atoms with Crippen LogP contribution in [0.4, 0.5) is 0 Å². The van der Waals surface area contributed by atoms with Crippen molar-refractivity contribution in [2.45, 2.75) is 25.0 Å². The predicted octanol–water partition coefficient (Wildman–Crippen LogP) is 0.473. The molecule has 0 saturated heterocycles. The molecule has 2 atom stereocenters. The standard InChI is InChI=1S/C10H13NO/c11-9-5-7-3-1-2-4-8(7)6-10(9)12/h1-4,9-10,12H,5-6,11H2/t9-,10+/m1/s1. The van der Waals surface area contributed by atoms with Crippen LogP contribution in [-0.2, 0) is 12.8 Å². The Labute approximate surface area is 72.0 Å². The number of rotatable bonds is 0. The second-order valence-corrected chi connectivity index (χ2v) is 3.41. The van der Waals surface area contributed by atoms with Gasteiger partial charge in [0, 0.05) is 12.5 Å². The van der Waals surface area contributed by atoms with E-state index in [1.54, 1.807) is 0 Å². The summed E-state index contributed by atoms with van der Waals surface area (Å²) in [5, 5.41) is 9.50. The quantitative estimate of drug-likeness (QED) is 0.584. The molecular formula is C10H13NO. The van der Waals surface area contributed by atoms with E-state index < -0.39 is 0 Å². The van der Waals surface area contributed by atoms with Crippen molar-refractivity contribution in [2.24, 2.45) is 5.73 Å². The average molecular weight is 163 g/mol. The van der Waals surface area contributed by atoms with Crippen LogP contribution >= 0.6 is 0 Å². The fraction of sp³-hybridized carbons (Fsp3) is 0.400. The van der Waals surface area contributed by atoms with Gasteiger partial charge in [-0.1, -0.05) is 24.3 Å². The van der Waals surface area contributed by atoms with Crippen molar-refractivity contribution < 1.29 is 5.11 Å². The third kappa shape index (κ3) is 1.24. The number of fused-ring (bicyclic) bond motifs is 1. The van der Waals surface area contributed by atoms with Gasteiger partial charge in [-0.2, -0.15) is 0 Å². The molecule has 3 N–H and O–H groups in total. The topological polar surface area (TPSA) is 46.2 Å². The highest BCUT2D eigenvalue weighted by atomic mass is 16.3. The third-order valence-electron chi connectivity index (χ3n) is 2.50. The van der Waals surface area contributed by atoms with Crippen molar-refractivity contribution in [1.82, 2.24) is 0 Å². The van der Waals surface area contributed by atoms with Crippen molar-refractivity contribution in [2.75, 3.05) is 0 Å². The molecule has 2 rings (SSSR count). The van der Waals surface area contributed by atoms with E-state index in [1.807, 2.05) is 12.1 Å². The molecule has 0 unspecified atom stereocenters. The Morgan fingerprint density at radius 3 is 2.42 bits per heavy atom. The summed E-state index contributed by atoms with van der Waals surface area (Å²) in [5.74, 6) is 0. The fourth-order valence-corrected chi connectivity index (χ4v) is 1.72. The first-order valence-electron chi connectivity index (χ1n) is 4.28. The molecule has 1 aliphatic carbocycles. The molecule has 0 saturated carbocycles. The number of benzene rings is 1. The number of hydrogen-bond donors (Lipinski definition) is 2. The summed E-state index contributed by atoms with van der Waals surface area (Å²) in [6.07, 6.45) is 1.15. The lowest BCUT2D eigenvalue weighted by molar-refractivity contribution is 0.137. The third-order valence-corrected chi connectivity index (χ3v) is 2.50. The van der Waals surface area contributed by atoms with E-state index >= 15 is 0 Å². The first-order valence-corrected chi connectivity index (χ1v) is 4.28. The summed E-state index contributed by atoms with van der Waals surface area (Å²) >= 11 is 0. The maximum atomic E-state index is 9.50. The molecule has 0 amide bonds. The Morgan fingerprint density at radius 2 is 1.75 bits per heavy atom. The Balaban J connectivity index is 2.34. The van der Waals surface area contributed by atoms with Crippen LogP contribution in [0.1, 0.15) is 11.1 Å². The molecule has 0 fully saturated rings. The molecule has 0 bridgehead atoms. The van der Waals surface area contributed by atoms with Gasteiger partial charge in [0.25, 0.3) is 0 Å². The average Bonchev–Trinajstić information content (AvgIpc) is 2.07. The predicted molar refractivity (Wildman–Crippen MR) is 47.8 cm³/mol. The Kier molecular flexibility index (Phi) is 1.87. The van der Waals surface area contributed by atoms with Gasteiger partial charge in [-0.3, -0.25) is 0 Å². The van der Waals surface area contributed by atoms with Gasteiger partial charge in [0.05, 0.1) is 6.10 Å². The van der Waals surface area contributed by atoms with Crippen LogP contribution in [0.15, 0.2) is 24.3 Å². The molecule has 12 heavy (non-hydrogen) atoms. The summed E-state index contributed by atoms with van der Waals surface area (Å²) in [5.41, 5.74) is 8.27. The first kappa shape index (κ1) is 7.77. The highest BCUT2D eigenvalue weighted by Gasteiger charge is 2.22. The van der Waals surface area contributed by atoms with E-state index in [4.69, 9.17) is 5.73 Å². The first-order chi connectivity index (χ1) is 5.77. The number of nitrogens with two attached hydrogens (primary N) is 1. The van der Waals surface area contributed by atoms with Crippen LogP contribution in [0.5, 0.6) is 0 Å². The molecule has 2 heteroatoms. The molecule has 0 radical (unpaired) electrons.